The molecule has 1 unspecified atom stereocenters. The summed E-state index contributed by atoms with van der Waals surface area (Å²) in [5, 5.41) is 6.35. The number of benzene rings is 1. The van der Waals surface area contributed by atoms with Crippen LogP contribution in [0.1, 0.15) is 39.7 Å². The second kappa shape index (κ2) is 7.17. The maximum absolute atomic E-state index is 11.1. The van der Waals surface area contributed by atoms with E-state index in [0.29, 0.717) is 12.0 Å². The molecule has 0 spiro atoms. The van der Waals surface area contributed by atoms with Crippen molar-refractivity contribution in [1.82, 2.24) is 5.32 Å². The van der Waals surface area contributed by atoms with Crippen molar-refractivity contribution in [3.05, 3.63) is 29.8 Å². The van der Waals surface area contributed by atoms with E-state index in [1.54, 1.807) is 0 Å². The first kappa shape index (κ1) is 14.7. The minimum atomic E-state index is -0.0299. The van der Waals surface area contributed by atoms with Crippen LogP contribution in [0, 0.1) is 5.92 Å². The molecule has 3 heteroatoms. The van der Waals surface area contributed by atoms with Gasteiger partial charge in [-0.15, -0.1) is 0 Å². The summed E-state index contributed by atoms with van der Waals surface area (Å²) >= 11 is 0. The molecule has 0 aromatic heterocycles. The van der Waals surface area contributed by atoms with Gasteiger partial charge in [-0.05, 0) is 30.9 Å². The van der Waals surface area contributed by atoms with Gasteiger partial charge in [-0.1, -0.05) is 32.0 Å². The van der Waals surface area contributed by atoms with Crippen molar-refractivity contribution in [2.75, 3.05) is 5.32 Å². The van der Waals surface area contributed by atoms with E-state index < -0.39 is 0 Å². The molecular formula is C15H24N2O. The van der Waals surface area contributed by atoms with Crippen LogP contribution < -0.4 is 10.6 Å². The molecule has 0 aliphatic carbocycles. The maximum Gasteiger partial charge on any atom is 0.221 e. The van der Waals surface area contributed by atoms with Gasteiger partial charge in [0.15, 0.2) is 0 Å². The fraction of sp³-hybridized carbons (Fsp3) is 0.533. The van der Waals surface area contributed by atoms with Gasteiger partial charge >= 0.3 is 0 Å². The highest BCUT2D eigenvalue weighted by Crippen LogP contribution is 2.15. The van der Waals surface area contributed by atoms with E-state index in [-0.39, 0.29) is 5.91 Å². The third-order valence-electron chi connectivity index (χ3n) is 2.79. The lowest BCUT2D eigenvalue weighted by molar-refractivity contribution is -0.114. The molecule has 0 bridgehead atoms. The Morgan fingerprint density at radius 3 is 2.50 bits per heavy atom. The molecule has 0 radical (unpaired) electrons. The Morgan fingerprint density at radius 2 is 1.89 bits per heavy atom. The Balaban J connectivity index is 2.58. The second-order valence-corrected chi connectivity index (χ2v) is 5.25. The van der Waals surface area contributed by atoms with E-state index in [4.69, 9.17) is 0 Å². The lowest BCUT2D eigenvalue weighted by Gasteiger charge is -2.17. The van der Waals surface area contributed by atoms with Crippen molar-refractivity contribution in [3.63, 3.8) is 0 Å². The summed E-state index contributed by atoms with van der Waals surface area (Å²) in [4.78, 5) is 11.1. The predicted octanol–water partition coefficient (Wildman–Crippen LogP) is 3.17. The number of nitrogens with one attached hydrogen (secondary N) is 2. The Morgan fingerprint density at radius 1 is 1.22 bits per heavy atom. The van der Waals surface area contributed by atoms with E-state index in [0.717, 1.165) is 24.2 Å². The minimum absolute atomic E-state index is 0.0299. The summed E-state index contributed by atoms with van der Waals surface area (Å²) in [6, 6.07) is 8.39. The van der Waals surface area contributed by atoms with Crippen molar-refractivity contribution >= 4 is 11.6 Å². The van der Waals surface area contributed by atoms with Crippen LogP contribution in [0.3, 0.4) is 0 Å². The number of anilines is 1. The molecule has 0 saturated heterocycles. The molecule has 100 valence electrons. The molecule has 0 fully saturated rings. The van der Waals surface area contributed by atoms with E-state index in [2.05, 4.69) is 31.4 Å². The summed E-state index contributed by atoms with van der Waals surface area (Å²) in [6.45, 7) is 8.96. The smallest absolute Gasteiger partial charge is 0.221 e. The normalized spacial score (nSPS) is 12.5. The molecular weight excluding hydrogens is 224 g/mol. The van der Waals surface area contributed by atoms with Crippen LogP contribution in [-0.2, 0) is 11.3 Å². The molecule has 3 nitrogen and oxygen atoms in total. The highest BCUT2D eigenvalue weighted by atomic mass is 16.1. The van der Waals surface area contributed by atoms with Crippen LogP contribution in [0.2, 0.25) is 0 Å². The van der Waals surface area contributed by atoms with Gasteiger partial charge < -0.3 is 10.6 Å². The molecule has 1 rings (SSSR count). The number of hydrogen-bond acceptors (Lipinski definition) is 2. The van der Waals surface area contributed by atoms with Crippen molar-refractivity contribution in [2.45, 2.75) is 46.7 Å². The van der Waals surface area contributed by atoms with E-state index in [9.17, 15) is 4.79 Å². The fourth-order valence-corrected chi connectivity index (χ4v) is 2.06. The van der Waals surface area contributed by atoms with Gasteiger partial charge in [-0.25, -0.2) is 0 Å². The fourth-order valence-electron chi connectivity index (χ4n) is 2.06. The summed E-state index contributed by atoms with van der Waals surface area (Å²) < 4.78 is 0. The third-order valence-corrected chi connectivity index (χ3v) is 2.79. The van der Waals surface area contributed by atoms with Crippen molar-refractivity contribution < 1.29 is 4.79 Å². The van der Waals surface area contributed by atoms with Crippen LogP contribution in [0.5, 0.6) is 0 Å². The molecule has 0 heterocycles. The summed E-state index contributed by atoms with van der Waals surface area (Å²) in [7, 11) is 0. The van der Waals surface area contributed by atoms with Crippen LogP contribution in [0.25, 0.3) is 0 Å². The standard InChI is InChI=1S/C15H24N2O/c1-11(2)9-12(3)16-10-14-7-5-6-8-15(14)17-13(4)18/h5-8,11-12,16H,9-10H2,1-4H3,(H,17,18). The number of hydrogen-bond donors (Lipinski definition) is 2. The van der Waals surface area contributed by atoms with Gasteiger partial charge in [0.05, 0.1) is 0 Å². The average molecular weight is 248 g/mol. The number of carbonyl (C=O) groups is 1. The molecule has 1 aromatic rings. The van der Waals surface area contributed by atoms with Crippen LogP contribution in [0.15, 0.2) is 24.3 Å². The molecule has 18 heavy (non-hydrogen) atoms. The number of rotatable bonds is 6. The number of amides is 1. The zero-order chi connectivity index (χ0) is 13.5. The quantitative estimate of drug-likeness (QED) is 0.812. The molecule has 1 aromatic carbocycles. The van der Waals surface area contributed by atoms with Crippen molar-refractivity contribution in [3.8, 4) is 0 Å². The van der Waals surface area contributed by atoms with Gasteiger partial charge in [-0.3, -0.25) is 4.79 Å². The molecule has 0 saturated carbocycles. The number of carbonyl (C=O) groups excluding carboxylic acids is 1. The minimum Gasteiger partial charge on any atom is -0.326 e. The summed E-state index contributed by atoms with van der Waals surface area (Å²) in [6.07, 6.45) is 1.16. The summed E-state index contributed by atoms with van der Waals surface area (Å²) in [5.74, 6) is 0.663. The van der Waals surface area contributed by atoms with Crippen LogP contribution in [0.4, 0.5) is 5.69 Å². The zero-order valence-electron chi connectivity index (χ0n) is 11.8. The molecule has 1 atom stereocenters. The maximum atomic E-state index is 11.1. The second-order valence-electron chi connectivity index (χ2n) is 5.25. The van der Waals surface area contributed by atoms with E-state index in [1.165, 1.54) is 6.92 Å². The van der Waals surface area contributed by atoms with Crippen LogP contribution in [-0.4, -0.2) is 11.9 Å². The molecule has 1 amide bonds. The first-order chi connectivity index (χ1) is 8.49. The SMILES string of the molecule is CC(=O)Nc1ccccc1CNC(C)CC(C)C. The molecule has 0 aliphatic heterocycles. The lowest BCUT2D eigenvalue weighted by atomic mass is 10.0. The van der Waals surface area contributed by atoms with Gasteiger partial charge in [-0.2, -0.15) is 0 Å². The highest BCUT2D eigenvalue weighted by molar-refractivity contribution is 5.89. The van der Waals surface area contributed by atoms with E-state index >= 15 is 0 Å². The Bertz CT molecular complexity index is 388. The molecule has 0 aliphatic rings. The highest BCUT2D eigenvalue weighted by Gasteiger charge is 2.07. The average Bonchev–Trinajstić information content (AvgIpc) is 2.26. The first-order valence-electron chi connectivity index (χ1n) is 6.58. The summed E-state index contributed by atoms with van der Waals surface area (Å²) in [5.41, 5.74) is 2.03. The number of para-hydroxylation sites is 1. The third kappa shape index (κ3) is 5.32. The topological polar surface area (TPSA) is 41.1 Å². The zero-order valence-corrected chi connectivity index (χ0v) is 11.8. The van der Waals surface area contributed by atoms with Gasteiger partial charge in [0.25, 0.3) is 0 Å². The Kier molecular flexibility index (Phi) is 5.86. The lowest BCUT2D eigenvalue weighted by Crippen LogP contribution is -2.27. The predicted molar refractivity (Wildman–Crippen MR) is 76.5 cm³/mol. The molecule has 2 N–H and O–H groups in total. The Hall–Kier alpha value is -1.35. The van der Waals surface area contributed by atoms with Crippen molar-refractivity contribution in [1.29, 1.82) is 0 Å². The first-order valence-corrected chi connectivity index (χ1v) is 6.58. The van der Waals surface area contributed by atoms with Crippen LogP contribution >= 0.6 is 0 Å². The van der Waals surface area contributed by atoms with Gasteiger partial charge in [0.2, 0.25) is 5.91 Å². The Labute approximate surface area is 110 Å². The van der Waals surface area contributed by atoms with E-state index in [1.807, 2.05) is 24.3 Å². The van der Waals surface area contributed by atoms with Crippen molar-refractivity contribution in [2.24, 2.45) is 5.92 Å². The largest absolute Gasteiger partial charge is 0.326 e. The monoisotopic (exact) mass is 248 g/mol. The van der Waals surface area contributed by atoms with Gasteiger partial charge in [0.1, 0.15) is 0 Å². The van der Waals surface area contributed by atoms with Gasteiger partial charge in [0, 0.05) is 25.2 Å².